The van der Waals surface area contributed by atoms with Gasteiger partial charge in [-0.15, -0.1) is 0 Å². The third kappa shape index (κ3) is 5.59. The quantitative estimate of drug-likeness (QED) is 0.416. The van der Waals surface area contributed by atoms with Gasteiger partial charge in [0.15, 0.2) is 5.75 Å². The average Bonchev–Trinajstić information content (AvgIpc) is 2.69. The van der Waals surface area contributed by atoms with Crippen LogP contribution in [0, 0.1) is 0 Å². The van der Waals surface area contributed by atoms with Crippen molar-refractivity contribution in [2.45, 2.75) is 11.5 Å². The first-order valence-electron chi connectivity index (χ1n) is 8.42. The number of hydrogen-bond acceptors (Lipinski definition) is 5. The van der Waals surface area contributed by atoms with E-state index < -0.39 is 10.0 Å². The minimum Gasteiger partial charge on any atom is -0.497 e. The first-order chi connectivity index (χ1) is 14.2. The minimum atomic E-state index is -4.09. The number of nitrogens with two attached hydrogens (primary N) is 1. The van der Waals surface area contributed by atoms with Crippen molar-refractivity contribution in [1.82, 2.24) is 0 Å². The van der Waals surface area contributed by atoms with Gasteiger partial charge in [0, 0.05) is 10.5 Å². The molecule has 0 aromatic heterocycles. The maximum absolute atomic E-state index is 12.1. The molecule has 0 unspecified atom stereocenters. The van der Waals surface area contributed by atoms with Gasteiger partial charge in [0.25, 0.3) is 0 Å². The summed E-state index contributed by atoms with van der Waals surface area (Å²) in [6.07, 6.45) is 0. The fourth-order valence-electron chi connectivity index (χ4n) is 2.52. The normalized spacial score (nSPS) is 11.2. The summed E-state index contributed by atoms with van der Waals surface area (Å²) in [5.41, 5.74) is 0.824. The Kier molecular flexibility index (Phi) is 7.15. The summed E-state index contributed by atoms with van der Waals surface area (Å²) >= 11 is 15.6. The van der Waals surface area contributed by atoms with Crippen LogP contribution in [0.25, 0.3) is 0 Å². The van der Waals surface area contributed by atoms with E-state index in [4.69, 9.17) is 42.6 Å². The SMILES string of the molecule is COc1ccc(COc2ccc(Oc3c(Cl)cc(Br)cc3Cl)cc2S(N)(=O)=O)cc1. The summed E-state index contributed by atoms with van der Waals surface area (Å²) in [4.78, 5) is -0.224. The molecular weight excluding hydrogens is 517 g/mol. The van der Waals surface area contributed by atoms with Crippen LogP contribution in [0.1, 0.15) is 5.56 Å². The Morgan fingerprint density at radius 2 is 1.57 bits per heavy atom. The van der Waals surface area contributed by atoms with Gasteiger partial charge in [0.05, 0.1) is 17.2 Å². The van der Waals surface area contributed by atoms with Gasteiger partial charge in [0.2, 0.25) is 10.0 Å². The molecule has 6 nitrogen and oxygen atoms in total. The van der Waals surface area contributed by atoms with E-state index in [0.717, 1.165) is 5.56 Å². The van der Waals surface area contributed by atoms with Crippen molar-refractivity contribution in [1.29, 1.82) is 0 Å². The van der Waals surface area contributed by atoms with Crippen molar-refractivity contribution in [3.63, 3.8) is 0 Å². The highest BCUT2D eigenvalue weighted by Crippen LogP contribution is 2.40. The van der Waals surface area contributed by atoms with Crippen molar-refractivity contribution in [3.05, 3.63) is 74.7 Å². The number of halogens is 3. The molecule has 0 atom stereocenters. The number of ether oxygens (including phenoxy) is 3. The van der Waals surface area contributed by atoms with Gasteiger partial charge in [-0.2, -0.15) is 0 Å². The number of methoxy groups -OCH3 is 1. The van der Waals surface area contributed by atoms with Gasteiger partial charge in [-0.1, -0.05) is 51.3 Å². The molecule has 3 aromatic carbocycles. The maximum atomic E-state index is 12.1. The van der Waals surface area contributed by atoms with Crippen LogP contribution in [0.3, 0.4) is 0 Å². The standard InChI is InChI=1S/C20H16BrCl2NO5S/c1-27-14-4-2-12(3-5-14)11-28-18-7-6-15(10-19(18)30(24,25)26)29-20-16(22)8-13(21)9-17(20)23/h2-10H,11H2,1H3,(H2,24,25,26). The van der Waals surface area contributed by atoms with E-state index in [1.807, 2.05) is 12.1 Å². The van der Waals surface area contributed by atoms with E-state index >= 15 is 0 Å². The Bertz CT molecular complexity index is 1150. The molecule has 2 N–H and O–H groups in total. The van der Waals surface area contributed by atoms with Gasteiger partial charge in [-0.3, -0.25) is 0 Å². The molecule has 0 aliphatic carbocycles. The van der Waals surface area contributed by atoms with Gasteiger partial charge < -0.3 is 14.2 Å². The van der Waals surface area contributed by atoms with E-state index in [0.29, 0.717) is 10.2 Å². The van der Waals surface area contributed by atoms with Crippen molar-refractivity contribution in [2.24, 2.45) is 5.14 Å². The molecule has 0 fully saturated rings. The van der Waals surface area contributed by atoms with Gasteiger partial charge in [-0.25, -0.2) is 13.6 Å². The monoisotopic (exact) mass is 531 g/mol. The van der Waals surface area contributed by atoms with Crippen LogP contribution in [-0.4, -0.2) is 15.5 Å². The molecule has 0 amide bonds. The average molecular weight is 533 g/mol. The minimum absolute atomic E-state index is 0.0914. The summed E-state index contributed by atoms with van der Waals surface area (Å²) in [5.74, 6) is 1.17. The van der Waals surface area contributed by atoms with Gasteiger partial charge >= 0.3 is 0 Å². The third-order valence-electron chi connectivity index (χ3n) is 3.96. The molecule has 0 radical (unpaired) electrons. The molecule has 0 bridgehead atoms. The molecule has 0 aliphatic heterocycles. The zero-order valence-corrected chi connectivity index (χ0v) is 19.5. The molecule has 158 valence electrons. The van der Waals surface area contributed by atoms with Gasteiger partial charge in [0.1, 0.15) is 28.8 Å². The summed E-state index contributed by atoms with van der Waals surface area (Å²) in [7, 11) is -2.52. The number of sulfonamides is 1. The molecule has 0 saturated carbocycles. The van der Waals surface area contributed by atoms with Crippen molar-refractivity contribution in [3.8, 4) is 23.0 Å². The second kappa shape index (κ2) is 9.45. The number of primary sulfonamides is 1. The molecule has 3 aromatic rings. The number of hydrogen-bond donors (Lipinski definition) is 1. The lowest BCUT2D eigenvalue weighted by Gasteiger charge is -2.14. The highest BCUT2D eigenvalue weighted by atomic mass is 79.9. The van der Waals surface area contributed by atoms with Crippen molar-refractivity contribution in [2.75, 3.05) is 7.11 Å². The number of benzene rings is 3. The van der Waals surface area contributed by atoms with E-state index in [1.165, 1.54) is 18.2 Å². The van der Waals surface area contributed by atoms with Crippen molar-refractivity contribution >= 4 is 49.2 Å². The van der Waals surface area contributed by atoms with Crippen LogP contribution < -0.4 is 19.3 Å². The second-order valence-electron chi connectivity index (χ2n) is 6.09. The lowest BCUT2D eigenvalue weighted by atomic mass is 10.2. The van der Waals surface area contributed by atoms with Crippen LogP contribution in [0.5, 0.6) is 23.0 Å². The summed E-state index contributed by atoms with van der Waals surface area (Å²) in [6.45, 7) is 0.136. The highest BCUT2D eigenvalue weighted by Gasteiger charge is 2.18. The van der Waals surface area contributed by atoms with Crippen LogP contribution >= 0.6 is 39.1 Å². The van der Waals surface area contributed by atoms with E-state index in [9.17, 15) is 8.42 Å². The van der Waals surface area contributed by atoms with Crippen LogP contribution in [0.2, 0.25) is 10.0 Å². The third-order valence-corrected chi connectivity index (χ3v) is 5.91. The largest absolute Gasteiger partial charge is 0.497 e. The predicted octanol–water partition coefficient (Wildman–Crippen LogP) is 5.78. The van der Waals surface area contributed by atoms with Crippen LogP contribution in [0.4, 0.5) is 0 Å². The second-order valence-corrected chi connectivity index (χ2v) is 9.35. The summed E-state index contributed by atoms with van der Waals surface area (Å²) in [6, 6.07) is 14.6. The highest BCUT2D eigenvalue weighted by molar-refractivity contribution is 9.10. The zero-order chi connectivity index (χ0) is 21.9. The van der Waals surface area contributed by atoms with Crippen LogP contribution in [-0.2, 0) is 16.6 Å². The molecule has 10 heteroatoms. The molecule has 3 rings (SSSR count). The Balaban J connectivity index is 1.87. The molecule has 0 spiro atoms. The molecule has 0 saturated heterocycles. The van der Waals surface area contributed by atoms with E-state index in [1.54, 1.807) is 31.4 Å². The molecule has 30 heavy (non-hydrogen) atoms. The zero-order valence-electron chi connectivity index (χ0n) is 15.6. The molecule has 0 heterocycles. The smallest absolute Gasteiger partial charge is 0.241 e. The first kappa shape index (κ1) is 22.7. The lowest BCUT2D eigenvalue weighted by Crippen LogP contribution is -2.14. The van der Waals surface area contributed by atoms with Gasteiger partial charge in [-0.05, 0) is 42.0 Å². The Labute approximate surface area is 192 Å². The number of rotatable bonds is 7. The Hall–Kier alpha value is -1.97. The molecular formula is C20H16BrCl2NO5S. The van der Waals surface area contributed by atoms with E-state index in [-0.39, 0.29) is 38.8 Å². The van der Waals surface area contributed by atoms with E-state index in [2.05, 4.69) is 15.9 Å². The lowest BCUT2D eigenvalue weighted by molar-refractivity contribution is 0.297. The van der Waals surface area contributed by atoms with Crippen LogP contribution in [0.15, 0.2) is 64.0 Å². The molecule has 0 aliphatic rings. The predicted molar refractivity (Wildman–Crippen MR) is 119 cm³/mol. The fraction of sp³-hybridized carbons (Fsp3) is 0.100. The first-order valence-corrected chi connectivity index (χ1v) is 11.5. The van der Waals surface area contributed by atoms with Crippen molar-refractivity contribution < 1.29 is 22.6 Å². The Morgan fingerprint density at radius 1 is 0.967 bits per heavy atom. The Morgan fingerprint density at radius 3 is 2.13 bits per heavy atom. The summed E-state index contributed by atoms with van der Waals surface area (Å²) in [5, 5.41) is 5.88. The maximum Gasteiger partial charge on any atom is 0.241 e. The fourth-order valence-corrected chi connectivity index (χ4v) is 4.49. The topological polar surface area (TPSA) is 87.8 Å². The summed E-state index contributed by atoms with van der Waals surface area (Å²) < 4.78 is 41.4.